The lowest BCUT2D eigenvalue weighted by Crippen LogP contribution is -2.22. The zero-order valence-electron chi connectivity index (χ0n) is 12.1. The lowest BCUT2D eigenvalue weighted by atomic mass is 10.0. The van der Waals surface area contributed by atoms with Crippen LogP contribution in [-0.4, -0.2) is 31.8 Å². The largest absolute Gasteiger partial charge is 0.497 e. The van der Waals surface area contributed by atoms with Crippen LogP contribution in [0.25, 0.3) is 10.8 Å². The number of amides is 1. The summed E-state index contributed by atoms with van der Waals surface area (Å²) in [4.78, 5) is 10.9. The molecule has 2 N–H and O–H groups in total. The predicted molar refractivity (Wildman–Crippen MR) is 81.0 cm³/mol. The number of ether oxygens (including phenoxy) is 1. The maximum atomic E-state index is 10.9. The van der Waals surface area contributed by atoms with E-state index >= 15 is 0 Å². The zero-order valence-corrected chi connectivity index (χ0v) is 12.1. The summed E-state index contributed by atoms with van der Waals surface area (Å²) >= 11 is 0. The van der Waals surface area contributed by atoms with Gasteiger partial charge < -0.3 is 15.2 Å². The average molecular weight is 275 g/mol. The number of hydrogen-bond acceptors (Lipinski definition) is 3. The maximum absolute atomic E-state index is 10.9. The second-order valence-corrected chi connectivity index (χ2v) is 4.24. The molecule has 1 amide bonds. The number of hydrogen-bond donors (Lipinski definition) is 2. The number of fused-ring (bicyclic) bond motifs is 1. The molecule has 0 aliphatic carbocycles. The van der Waals surface area contributed by atoms with Crippen LogP contribution in [0.15, 0.2) is 36.4 Å². The van der Waals surface area contributed by atoms with Crippen molar-refractivity contribution in [1.29, 1.82) is 0 Å². The summed E-state index contributed by atoms with van der Waals surface area (Å²) in [6.07, 6.45) is 0.823. The van der Waals surface area contributed by atoms with Crippen molar-refractivity contribution in [2.24, 2.45) is 0 Å². The van der Waals surface area contributed by atoms with Crippen LogP contribution in [0.2, 0.25) is 0 Å². The third-order valence-electron chi connectivity index (χ3n) is 2.95. The number of benzene rings is 2. The van der Waals surface area contributed by atoms with Crippen molar-refractivity contribution in [2.45, 2.75) is 13.3 Å². The SMILES string of the molecule is CO.COc1ccc2cccc(CCNC(C)=O)c2c1. The quantitative estimate of drug-likeness (QED) is 0.898. The number of methoxy groups -OCH3 is 1. The lowest BCUT2D eigenvalue weighted by molar-refractivity contribution is -0.118. The van der Waals surface area contributed by atoms with Gasteiger partial charge in [0.2, 0.25) is 5.91 Å². The molecule has 0 fully saturated rings. The van der Waals surface area contributed by atoms with Crippen LogP contribution < -0.4 is 10.1 Å². The smallest absolute Gasteiger partial charge is 0.216 e. The molecule has 4 nitrogen and oxygen atoms in total. The molecule has 0 spiro atoms. The fraction of sp³-hybridized carbons (Fsp3) is 0.312. The summed E-state index contributed by atoms with van der Waals surface area (Å²) in [5, 5.41) is 12.2. The van der Waals surface area contributed by atoms with E-state index < -0.39 is 0 Å². The van der Waals surface area contributed by atoms with Crippen LogP contribution in [0.1, 0.15) is 12.5 Å². The third-order valence-corrected chi connectivity index (χ3v) is 2.95. The normalized spacial score (nSPS) is 9.60. The summed E-state index contributed by atoms with van der Waals surface area (Å²) in [6.45, 7) is 2.19. The number of nitrogens with one attached hydrogen (secondary N) is 1. The van der Waals surface area contributed by atoms with Gasteiger partial charge in [-0.15, -0.1) is 0 Å². The van der Waals surface area contributed by atoms with Crippen molar-refractivity contribution in [3.8, 4) is 5.75 Å². The summed E-state index contributed by atoms with van der Waals surface area (Å²) in [7, 11) is 2.67. The Morgan fingerprint density at radius 3 is 2.65 bits per heavy atom. The van der Waals surface area contributed by atoms with E-state index in [9.17, 15) is 4.79 Å². The summed E-state index contributed by atoms with van der Waals surface area (Å²) in [6, 6.07) is 12.3. The van der Waals surface area contributed by atoms with Crippen molar-refractivity contribution >= 4 is 16.7 Å². The molecule has 0 aliphatic rings. The van der Waals surface area contributed by atoms with Gasteiger partial charge in [-0.1, -0.05) is 24.3 Å². The van der Waals surface area contributed by atoms with Gasteiger partial charge in [-0.3, -0.25) is 4.79 Å². The van der Waals surface area contributed by atoms with Crippen molar-refractivity contribution in [3.05, 3.63) is 42.0 Å². The Kier molecular flexibility index (Phi) is 6.53. The van der Waals surface area contributed by atoms with E-state index in [2.05, 4.69) is 23.5 Å². The van der Waals surface area contributed by atoms with Crippen LogP contribution in [0, 0.1) is 0 Å². The van der Waals surface area contributed by atoms with Gasteiger partial charge in [-0.25, -0.2) is 0 Å². The van der Waals surface area contributed by atoms with E-state index in [0.29, 0.717) is 6.54 Å². The molecule has 108 valence electrons. The molecule has 0 saturated carbocycles. The fourth-order valence-electron chi connectivity index (χ4n) is 2.03. The average Bonchev–Trinajstić information content (AvgIpc) is 2.48. The molecule has 0 radical (unpaired) electrons. The fourth-order valence-corrected chi connectivity index (χ4v) is 2.03. The highest BCUT2D eigenvalue weighted by Gasteiger charge is 2.03. The number of carbonyl (C=O) groups is 1. The summed E-state index contributed by atoms with van der Waals surface area (Å²) < 4.78 is 5.25. The molecule has 0 bridgehead atoms. The number of aliphatic hydroxyl groups excluding tert-OH is 1. The van der Waals surface area contributed by atoms with Gasteiger partial charge in [0.05, 0.1) is 7.11 Å². The molecular weight excluding hydrogens is 254 g/mol. The first-order valence-corrected chi connectivity index (χ1v) is 6.45. The molecule has 2 aromatic carbocycles. The minimum atomic E-state index is 0.00724. The van der Waals surface area contributed by atoms with E-state index in [4.69, 9.17) is 9.84 Å². The zero-order chi connectivity index (χ0) is 15.0. The Hall–Kier alpha value is -2.07. The Balaban J connectivity index is 0.000000956. The highest BCUT2D eigenvalue weighted by Crippen LogP contribution is 2.24. The first-order chi connectivity index (χ1) is 9.70. The molecule has 0 unspecified atom stereocenters. The first-order valence-electron chi connectivity index (χ1n) is 6.45. The summed E-state index contributed by atoms with van der Waals surface area (Å²) in [5.74, 6) is 0.863. The number of rotatable bonds is 4. The second kappa shape index (κ2) is 8.17. The Morgan fingerprint density at radius 2 is 2.00 bits per heavy atom. The van der Waals surface area contributed by atoms with E-state index in [1.165, 1.54) is 23.3 Å². The molecule has 0 heterocycles. The monoisotopic (exact) mass is 275 g/mol. The number of aliphatic hydroxyl groups is 1. The highest BCUT2D eigenvalue weighted by molar-refractivity contribution is 5.87. The molecule has 20 heavy (non-hydrogen) atoms. The predicted octanol–water partition coefficient (Wildman–Crippen LogP) is 2.14. The van der Waals surface area contributed by atoms with Crippen molar-refractivity contribution in [2.75, 3.05) is 20.8 Å². The molecule has 2 rings (SSSR count). The van der Waals surface area contributed by atoms with Gasteiger partial charge in [0.15, 0.2) is 0 Å². The van der Waals surface area contributed by atoms with Crippen molar-refractivity contribution < 1.29 is 14.6 Å². The number of carbonyl (C=O) groups excluding carboxylic acids is 1. The lowest BCUT2D eigenvalue weighted by Gasteiger charge is -2.08. The van der Waals surface area contributed by atoms with Gasteiger partial charge in [0.25, 0.3) is 0 Å². The van der Waals surface area contributed by atoms with Gasteiger partial charge in [0, 0.05) is 20.6 Å². The molecule has 0 atom stereocenters. The minimum Gasteiger partial charge on any atom is -0.497 e. The molecule has 4 heteroatoms. The second-order valence-electron chi connectivity index (χ2n) is 4.24. The third kappa shape index (κ3) is 4.24. The van der Waals surface area contributed by atoms with E-state index in [-0.39, 0.29) is 5.91 Å². The van der Waals surface area contributed by atoms with Gasteiger partial charge in [-0.2, -0.15) is 0 Å². The Morgan fingerprint density at radius 1 is 1.25 bits per heavy atom. The maximum Gasteiger partial charge on any atom is 0.216 e. The van der Waals surface area contributed by atoms with Crippen LogP contribution in [0.5, 0.6) is 5.75 Å². The molecule has 2 aromatic rings. The molecule has 0 saturated heterocycles. The Labute approximate surface area is 119 Å². The van der Waals surface area contributed by atoms with Gasteiger partial charge in [-0.05, 0) is 34.9 Å². The van der Waals surface area contributed by atoms with E-state index in [1.54, 1.807) is 7.11 Å². The molecular formula is C16H21NO3. The van der Waals surface area contributed by atoms with Crippen LogP contribution in [-0.2, 0) is 11.2 Å². The standard InChI is InChI=1S/C15H17NO2.CH4O/c1-11(17)16-9-8-13-5-3-4-12-6-7-14(18-2)10-15(12)13;1-2/h3-7,10H,8-9H2,1-2H3,(H,16,17);2H,1H3. The van der Waals surface area contributed by atoms with E-state index in [1.807, 2.05) is 18.2 Å². The van der Waals surface area contributed by atoms with Crippen LogP contribution >= 0.6 is 0 Å². The topological polar surface area (TPSA) is 58.6 Å². The van der Waals surface area contributed by atoms with Gasteiger partial charge in [0.1, 0.15) is 5.75 Å². The Bertz CT molecular complexity index is 567. The van der Waals surface area contributed by atoms with Crippen LogP contribution in [0.4, 0.5) is 0 Å². The molecule has 0 aromatic heterocycles. The molecule has 0 aliphatic heterocycles. The van der Waals surface area contributed by atoms with Crippen molar-refractivity contribution in [3.63, 3.8) is 0 Å². The van der Waals surface area contributed by atoms with Crippen LogP contribution in [0.3, 0.4) is 0 Å². The van der Waals surface area contributed by atoms with Gasteiger partial charge >= 0.3 is 0 Å². The van der Waals surface area contributed by atoms with E-state index in [0.717, 1.165) is 19.3 Å². The first kappa shape index (κ1) is 16.0. The van der Waals surface area contributed by atoms with Crippen molar-refractivity contribution in [1.82, 2.24) is 5.32 Å². The minimum absolute atomic E-state index is 0.00724. The summed E-state index contributed by atoms with van der Waals surface area (Å²) in [5.41, 5.74) is 1.22. The highest BCUT2D eigenvalue weighted by atomic mass is 16.5.